The number of halogens is 1. The van der Waals surface area contributed by atoms with Crippen molar-refractivity contribution in [3.05, 3.63) is 34.5 Å². The van der Waals surface area contributed by atoms with Crippen LogP contribution in [0.4, 0.5) is 5.82 Å². The summed E-state index contributed by atoms with van der Waals surface area (Å²) in [6, 6.07) is 1.84. The van der Waals surface area contributed by atoms with Gasteiger partial charge in [0.25, 0.3) is 0 Å². The molecule has 0 fully saturated rings. The Balaban J connectivity index is 2.05. The van der Waals surface area contributed by atoms with Gasteiger partial charge in [0.1, 0.15) is 16.7 Å². The second kappa shape index (κ2) is 4.61. The van der Waals surface area contributed by atoms with E-state index in [0.29, 0.717) is 6.54 Å². The van der Waals surface area contributed by atoms with E-state index in [2.05, 4.69) is 36.3 Å². The minimum Gasteiger partial charge on any atom is -0.366 e. The molecule has 0 saturated heterocycles. The number of aryl methyl sites for hydroxylation is 1. The average Bonchev–Trinajstić information content (AvgIpc) is 2.57. The maximum atomic E-state index is 4.18. The lowest BCUT2D eigenvalue weighted by atomic mass is 10.2. The van der Waals surface area contributed by atoms with Crippen molar-refractivity contribution in [1.29, 1.82) is 0 Å². The summed E-state index contributed by atoms with van der Waals surface area (Å²) in [6.07, 6.45) is 3.38. The Morgan fingerprint density at radius 3 is 2.88 bits per heavy atom. The molecule has 0 bridgehead atoms. The van der Waals surface area contributed by atoms with Gasteiger partial charge in [-0.25, -0.2) is 9.97 Å². The monoisotopic (exact) mass is 281 g/mol. The molecule has 0 saturated carbocycles. The first-order valence-electron chi connectivity index (χ1n) is 4.85. The van der Waals surface area contributed by atoms with Crippen molar-refractivity contribution in [3.63, 3.8) is 0 Å². The summed E-state index contributed by atoms with van der Waals surface area (Å²) < 4.78 is 2.63. The van der Waals surface area contributed by atoms with Crippen LogP contribution in [-0.4, -0.2) is 19.7 Å². The van der Waals surface area contributed by atoms with Crippen molar-refractivity contribution in [2.75, 3.05) is 5.32 Å². The van der Waals surface area contributed by atoms with E-state index in [0.717, 1.165) is 21.7 Å². The van der Waals surface area contributed by atoms with Crippen LogP contribution >= 0.6 is 15.9 Å². The Morgan fingerprint density at radius 2 is 2.25 bits per heavy atom. The highest BCUT2D eigenvalue weighted by Gasteiger charge is 2.03. The first-order chi connectivity index (χ1) is 7.66. The zero-order valence-corrected chi connectivity index (χ0v) is 10.7. The summed E-state index contributed by atoms with van der Waals surface area (Å²) in [7, 11) is 1.93. The number of rotatable bonds is 3. The van der Waals surface area contributed by atoms with Crippen molar-refractivity contribution in [2.45, 2.75) is 13.5 Å². The Hall–Kier alpha value is -1.43. The molecular formula is C10H12BrN5. The van der Waals surface area contributed by atoms with E-state index < -0.39 is 0 Å². The van der Waals surface area contributed by atoms with Crippen molar-refractivity contribution < 1.29 is 0 Å². The van der Waals surface area contributed by atoms with Crippen molar-refractivity contribution >= 4 is 21.7 Å². The fourth-order valence-electron chi connectivity index (χ4n) is 1.33. The number of hydrogen-bond acceptors (Lipinski definition) is 4. The molecule has 84 valence electrons. The molecule has 1 N–H and O–H groups in total. The smallest absolute Gasteiger partial charge is 0.130 e. The highest BCUT2D eigenvalue weighted by Crippen LogP contribution is 2.12. The quantitative estimate of drug-likeness (QED) is 0.873. The van der Waals surface area contributed by atoms with E-state index in [1.807, 2.05) is 30.9 Å². The minimum atomic E-state index is 0.711. The topological polar surface area (TPSA) is 55.6 Å². The highest BCUT2D eigenvalue weighted by molar-refractivity contribution is 9.10. The largest absolute Gasteiger partial charge is 0.366 e. The fourth-order valence-corrected chi connectivity index (χ4v) is 1.64. The first kappa shape index (κ1) is 11.1. The van der Waals surface area contributed by atoms with Gasteiger partial charge in [0.05, 0.1) is 6.20 Å². The maximum absolute atomic E-state index is 4.18. The third-order valence-corrected chi connectivity index (χ3v) is 2.86. The lowest BCUT2D eigenvalue weighted by Gasteiger charge is -2.04. The van der Waals surface area contributed by atoms with E-state index in [9.17, 15) is 0 Å². The van der Waals surface area contributed by atoms with Gasteiger partial charge in [-0.3, -0.25) is 4.68 Å². The molecule has 0 spiro atoms. The van der Waals surface area contributed by atoms with Gasteiger partial charge in [-0.2, -0.15) is 5.10 Å². The SMILES string of the molecule is Cc1c(CNc2cc(Br)ncn2)cnn1C. The molecule has 0 atom stereocenters. The molecular weight excluding hydrogens is 270 g/mol. The van der Waals surface area contributed by atoms with Crippen LogP contribution in [0.5, 0.6) is 0 Å². The standard InChI is InChI=1S/C10H12BrN5/c1-7-8(5-15-16(7)2)4-12-10-3-9(11)13-6-14-10/h3,5-6H,4H2,1-2H3,(H,12,13,14). The van der Waals surface area contributed by atoms with E-state index in [4.69, 9.17) is 0 Å². The van der Waals surface area contributed by atoms with Crippen LogP contribution in [0.25, 0.3) is 0 Å². The molecule has 2 aromatic rings. The summed E-state index contributed by atoms with van der Waals surface area (Å²) in [5.41, 5.74) is 2.32. The zero-order chi connectivity index (χ0) is 11.5. The molecule has 0 aromatic carbocycles. The van der Waals surface area contributed by atoms with Crippen LogP contribution in [-0.2, 0) is 13.6 Å². The molecule has 5 nitrogen and oxygen atoms in total. The van der Waals surface area contributed by atoms with Gasteiger partial charge in [0.15, 0.2) is 0 Å². The lowest BCUT2D eigenvalue weighted by Crippen LogP contribution is -2.03. The second-order valence-corrected chi connectivity index (χ2v) is 4.27. The number of anilines is 1. The summed E-state index contributed by atoms with van der Waals surface area (Å²) in [5, 5.41) is 7.40. The predicted molar refractivity (Wildman–Crippen MR) is 65.0 cm³/mol. The molecule has 2 aromatic heterocycles. The summed E-state index contributed by atoms with van der Waals surface area (Å²) in [6.45, 7) is 2.75. The van der Waals surface area contributed by atoms with Gasteiger partial charge >= 0.3 is 0 Å². The Labute approximate surface area is 102 Å². The maximum Gasteiger partial charge on any atom is 0.130 e. The molecule has 2 heterocycles. The molecule has 6 heteroatoms. The Bertz CT molecular complexity index is 494. The molecule has 0 amide bonds. The third kappa shape index (κ3) is 2.38. The van der Waals surface area contributed by atoms with Gasteiger partial charge in [-0.05, 0) is 22.9 Å². The molecule has 0 aliphatic carbocycles. The number of hydrogen-bond donors (Lipinski definition) is 1. The number of aromatic nitrogens is 4. The highest BCUT2D eigenvalue weighted by atomic mass is 79.9. The fraction of sp³-hybridized carbons (Fsp3) is 0.300. The first-order valence-corrected chi connectivity index (χ1v) is 5.65. The van der Waals surface area contributed by atoms with E-state index in [-0.39, 0.29) is 0 Å². The average molecular weight is 282 g/mol. The van der Waals surface area contributed by atoms with Crippen LogP contribution in [0.2, 0.25) is 0 Å². The van der Waals surface area contributed by atoms with Gasteiger partial charge in [0, 0.05) is 30.9 Å². The van der Waals surface area contributed by atoms with Crippen molar-refractivity contribution in [3.8, 4) is 0 Å². The summed E-state index contributed by atoms with van der Waals surface area (Å²) >= 11 is 3.30. The minimum absolute atomic E-state index is 0.711. The Morgan fingerprint density at radius 1 is 1.44 bits per heavy atom. The van der Waals surface area contributed by atoms with E-state index >= 15 is 0 Å². The molecule has 16 heavy (non-hydrogen) atoms. The van der Waals surface area contributed by atoms with Crippen LogP contribution in [0, 0.1) is 6.92 Å². The number of nitrogens with one attached hydrogen (secondary N) is 1. The molecule has 0 aliphatic heterocycles. The van der Waals surface area contributed by atoms with Crippen LogP contribution in [0.3, 0.4) is 0 Å². The van der Waals surface area contributed by atoms with Crippen molar-refractivity contribution in [2.24, 2.45) is 7.05 Å². The molecule has 0 unspecified atom stereocenters. The molecule has 0 aliphatic rings. The number of nitrogens with zero attached hydrogens (tertiary/aromatic N) is 4. The summed E-state index contributed by atoms with van der Waals surface area (Å²) in [5.74, 6) is 0.796. The summed E-state index contributed by atoms with van der Waals surface area (Å²) in [4.78, 5) is 8.08. The van der Waals surface area contributed by atoms with Gasteiger partial charge < -0.3 is 5.32 Å². The van der Waals surface area contributed by atoms with Gasteiger partial charge in [-0.15, -0.1) is 0 Å². The molecule has 0 radical (unpaired) electrons. The van der Waals surface area contributed by atoms with E-state index in [1.54, 1.807) is 0 Å². The normalized spacial score (nSPS) is 10.4. The predicted octanol–water partition coefficient (Wildman–Crippen LogP) is 1.89. The Kier molecular flexibility index (Phi) is 3.19. The van der Waals surface area contributed by atoms with Crippen LogP contribution in [0.15, 0.2) is 23.2 Å². The van der Waals surface area contributed by atoms with Crippen LogP contribution in [0.1, 0.15) is 11.3 Å². The van der Waals surface area contributed by atoms with Crippen molar-refractivity contribution in [1.82, 2.24) is 19.7 Å². The van der Waals surface area contributed by atoms with Gasteiger partial charge in [-0.1, -0.05) is 0 Å². The van der Waals surface area contributed by atoms with Crippen LogP contribution < -0.4 is 5.32 Å². The van der Waals surface area contributed by atoms with Gasteiger partial charge in [0.2, 0.25) is 0 Å². The second-order valence-electron chi connectivity index (χ2n) is 3.46. The molecule has 2 rings (SSSR count). The van der Waals surface area contributed by atoms with E-state index in [1.165, 1.54) is 6.33 Å². The zero-order valence-electron chi connectivity index (χ0n) is 9.11. The lowest BCUT2D eigenvalue weighted by molar-refractivity contribution is 0.738. The third-order valence-electron chi connectivity index (χ3n) is 2.43.